The molecule has 4 rings (SSSR count). The second-order valence-electron chi connectivity index (χ2n) is 11.8. The number of carbonyl (C=O) groups is 4. The predicted molar refractivity (Wildman–Crippen MR) is 195 cm³/mol. The lowest BCUT2D eigenvalue weighted by atomic mass is 9.99. The number of likely N-dealkylation sites (N-methyl/N-ethyl adjacent to an activating group) is 1. The van der Waals surface area contributed by atoms with Gasteiger partial charge in [-0.3, -0.25) is 24.5 Å². The Labute approximate surface area is 318 Å². The highest BCUT2D eigenvalue weighted by Crippen LogP contribution is 2.36. The van der Waals surface area contributed by atoms with Gasteiger partial charge in [-0.05, 0) is 64.7 Å². The van der Waals surface area contributed by atoms with Crippen LogP contribution in [0.3, 0.4) is 0 Å². The number of nitrogens with one attached hydrogen (secondary N) is 2. The molecule has 4 aromatic carbocycles. The van der Waals surface area contributed by atoms with E-state index in [4.69, 9.17) is 37.4 Å². The monoisotopic (exact) mass is 784 g/mol. The summed E-state index contributed by atoms with van der Waals surface area (Å²) in [5.41, 5.74) is 0.0168. The number of rotatable bonds is 15. The van der Waals surface area contributed by atoms with Gasteiger partial charge < -0.3 is 34.9 Å². The van der Waals surface area contributed by atoms with Crippen molar-refractivity contribution in [2.75, 3.05) is 28.4 Å². The highest BCUT2D eigenvalue weighted by Gasteiger charge is 2.36. The molecule has 284 valence electrons. The maximum Gasteiger partial charge on any atom is 0.333 e. The van der Waals surface area contributed by atoms with Gasteiger partial charge in [-0.1, -0.05) is 53.5 Å². The normalized spacial score (nSPS) is 12.4. The third-order valence-corrected chi connectivity index (χ3v) is 8.87. The van der Waals surface area contributed by atoms with Crippen molar-refractivity contribution >= 4 is 52.6 Å². The van der Waals surface area contributed by atoms with Gasteiger partial charge in [0, 0.05) is 19.5 Å². The Hall–Kier alpha value is -5.93. The van der Waals surface area contributed by atoms with Crippen LogP contribution in [0.5, 0.6) is 17.2 Å². The van der Waals surface area contributed by atoms with E-state index in [-0.39, 0.29) is 39.1 Å². The van der Waals surface area contributed by atoms with Crippen molar-refractivity contribution in [1.29, 1.82) is 0 Å². The SMILES string of the molecule is COC(=O)[C@H](NC(=O)[C@H](Cc1ccc(F)c([N+](=O)[O-])c1)N(C)C(=O)[C@H](NC(=O)Cc1cccc(O)c1)c1cc(Cl)c(OC)c(Cl)c1)c1ccc(OC)cc1. The van der Waals surface area contributed by atoms with Gasteiger partial charge in [0.25, 0.3) is 0 Å². The molecule has 17 heteroatoms. The van der Waals surface area contributed by atoms with E-state index < -0.39 is 64.7 Å². The Kier molecular flexibility index (Phi) is 13.8. The van der Waals surface area contributed by atoms with E-state index in [1.807, 2.05) is 0 Å². The van der Waals surface area contributed by atoms with Crippen LogP contribution in [-0.4, -0.2) is 73.0 Å². The maximum atomic E-state index is 14.5. The summed E-state index contributed by atoms with van der Waals surface area (Å²) in [4.78, 5) is 66.8. The minimum Gasteiger partial charge on any atom is -0.508 e. The minimum absolute atomic E-state index is 0.00369. The summed E-state index contributed by atoms with van der Waals surface area (Å²) in [5.74, 6) is -3.99. The topological polar surface area (TPSA) is 187 Å². The molecule has 0 radical (unpaired) electrons. The van der Waals surface area contributed by atoms with Gasteiger partial charge >= 0.3 is 11.7 Å². The highest BCUT2D eigenvalue weighted by molar-refractivity contribution is 6.37. The number of phenols is 1. The number of hydrogen-bond donors (Lipinski definition) is 3. The first-order chi connectivity index (χ1) is 25.7. The molecule has 0 aliphatic heterocycles. The van der Waals surface area contributed by atoms with Crippen LogP contribution in [0.4, 0.5) is 10.1 Å². The van der Waals surface area contributed by atoms with Crippen LogP contribution in [0.2, 0.25) is 10.0 Å². The quantitative estimate of drug-likeness (QED) is 0.0815. The van der Waals surface area contributed by atoms with Crippen LogP contribution in [0, 0.1) is 15.9 Å². The van der Waals surface area contributed by atoms with Crippen molar-refractivity contribution in [2.45, 2.75) is 31.0 Å². The molecule has 3 atom stereocenters. The lowest BCUT2D eigenvalue weighted by Crippen LogP contribution is -2.53. The fraction of sp³-hybridized carbons (Fsp3) is 0.243. The number of ether oxygens (including phenoxy) is 3. The van der Waals surface area contributed by atoms with Crippen molar-refractivity contribution < 1.29 is 47.8 Å². The molecule has 0 bridgehead atoms. The molecule has 0 unspecified atom stereocenters. The number of halogens is 3. The zero-order valence-corrected chi connectivity index (χ0v) is 30.8. The summed E-state index contributed by atoms with van der Waals surface area (Å²) in [6, 6.07) is 13.2. The number of methoxy groups -OCH3 is 3. The van der Waals surface area contributed by atoms with Crippen molar-refractivity contribution in [3.63, 3.8) is 0 Å². The predicted octanol–water partition coefficient (Wildman–Crippen LogP) is 5.26. The molecule has 14 nitrogen and oxygen atoms in total. The number of aromatic hydroxyl groups is 1. The molecule has 54 heavy (non-hydrogen) atoms. The van der Waals surface area contributed by atoms with Gasteiger partial charge in [0.05, 0.1) is 42.7 Å². The molecular formula is C37H35Cl2FN4O10. The number of nitro groups is 1. The number of hydrogen-bond acceptors (Lipinski definition) is 10. The number of carbonyl (C=O) groups excluding carboxylic acids is 4. The second kappa shape index (κ2) is 18.2. The Morgan fingerprint density at radius 2 is 1.54 bits per heavy atom. The Balaban J connectivity index is 1.78. The fourth-order valence-electron chi connectivity index (χ4n) is 5.53. The Bertz CT molecular complexity index is 2030. The zero-order valence-electron chi connectivity index (χ0n) is 29.3. The molecule has 0 saturated heterocycles. The summed E-state index contributed by atoms with van der Waals surface area (Å²) < 4.78 is 29.7. The molecule has 0 aliphatic carbocycles. The number of amides is 3. The highest BCUT2D eigenvalue weighted by atomic mass is 35.5. The van der Waals surface area contributed by atoms with Crippen molar-refractivity contribution in [3.05, 3.63) is 127 Å². The fourth-order valence-corrected chi connectivity index (χ4v) is 6.19. The van der Waals surface area contributed by atoms with Crippen LogP contribution >= 0.6 is 23.2 Å². The minimum atomic E-state index is -1.54. The molecule has 0 saturated carbocycles. The first-order valence-electron chi connectivity index (χ1n) is 16.0. The number of benzene rings is 4. The zero-order chi connectivity index (χ0) is 39.7. The average molecular weight is 786 g/mol. The van der Waals surface area contributed by atoms with Gasteiger partial charge in [-0.25, -0.2) is 4.79 Å². The molecule has 0 fully saturated rings. The third-order valence-electron chi connectivity index (χ3n) is 8.31. The van der Waals surface area contributed by atoms with E-state index in [2.05, 4.69) is 10.6 Å². The Morgan fingerprint density at radius 3 is 2.11 bits per heavy atom. The molecule has 0 aromatic heterocycles. The first kappa shape index (κ1) is 40.8. The van der Waals surface area contributed by atoms with Gasteiger partial charge in [-0.2, -0.15) is 4.39 Å². The van der Waals surface area contributed by atoms with Gasteiger partial charge in [0.15, 0.2) is 11.8 Å². The number of nitro benzene ring substituents is 1. The van der Waals surface area contributed by atoms with E-state index in [0.29, 0.717) is 16.9 Å². The summed E-state index contributed by atoms with van der Waals surface area (Å²) in [6.07, 6.45) is -0.689. The molecule has 3 amide bonds. The second-order valence-corrected chi connectivity index (χ2v) is 12.6. The molecular weight excluding hydrogens is 750 g/mol. The van der Waals surface area contributed by atoms with Crippen LogP contribution in [0.15, 0.2) is 78.9 Å². The lowest BCUT2D eigenvalue weighted by Gasteiger charge is -2.32. The molecule has 4 aromatic rings. The van der Waals surface area contributed by atoms with E-state index in [1.165, 1.54) is 69.8 Å². The molecule has 0 spiro atoms. The number of nitrogens with zero attached hydrogens (tertiary/aromatic N) is 2. The van der Waals surface area contributed by atoms with Crippen molar-refractivity contribution in [2.24, 2.45) is 0 Å². The summed E-state index contributed by atoms with van der Waals surface area (Å²) >= 11 is 12.8. The van der Waals surface area contributed by atoms with E-state index >= 15 is 0 Å². The largest absolute Gasteiger partial charge is 0.508 e. The summed E-state index contributed by atoms with van der Waals surface area (Å²) in [5, 5.41) is 26.7. The molecule has 0 heterocycles. The van der Waals surface area contributed by atoms with Gasteiger partial charge in [-0.15, -0.1) is 0 Å². The maximum absolute atomic E-state index is 14.5. The molecule has 3 N–H and O–H groups in total. The van der Waals surface area contributed by atoms with E-state index in [1.54, 1.807) is 18.2 Å². The lowest BCUT2D eigenvalue weighted by molar-refractivity contribution is -0.387. The summed E-state index contributed by atoms with van der Waals surface area (Å²) in [7, 11) is 5.13. The van der Waals surface area contributed by atoms with Crippen LogP contribution in [0.25, 0.3) is 0 Å². The van der Waals surface area contributed by atoms with Gasteiger partial charge in [0.1, 0.15) is 23.6 Å². The standard InChI is InChI=1S/C37H35Cl2FN4O10/c1-43(36(48)32(23-18-26(38)34(53-3)27(39)19-23)41-31(46)17-20-6-5-7-24(45)14-20)30(16-21-8-13-28(40)29(15-21)44(50)51)35(47)42-33(37(49)54-4)22-9-11-25(52-2)12-10-22/h5-15,18-19,30,32-33,45H,16-17H2,1-4H3,(H,41,46)(H,42,47)/t30-,32+,33+/m0/s1. The third kappa shape index (κ3) is 9.93. The van der Waals surface area contributed by atoms with Gasteiger partial charge in [0.2, 0.25) is 23.5 Å². The molecule has 0 aliphatic rings. The Morgan fingerprint density at radius 1 is 0.870 bits per heavy atom. The van der Waals surface area contributed by atoms with E-state index in [0.717, 1.165) is 24.1 Å². The van der Waals surface area contributed by atoms with Crippen LogP contribution < -0.4 is 20.1 Å². The summed E-state index contributed by atoms with van der Waals surface area (Å²) in [6.45, 7) is 0. The van der Waals surface area contributed by atoms with Crippen molar-refractivity contribution in [1.82, 2.24) is 15.5 Å². The van der Waals surface area contributed by atoms with E-state index in [9.17, 15) is 38.8 Å². The first-order valence-corrected chi connectivity index (χ1v) is 16.7. The average Bonchev–Trinajstić information content (AvgIpc) is 3.14. The van der Waals surface area contributed by atoms with Crippen molar-refractivity contribution in [3.8, 4) is 17.2 Å². The number of phenolic OH excluding ortho intramolecular Hbond substituents is 1. The van der Waals surface area contributed by atoms with Crippen LogP contribution in [-0.2, 0) is 36.8 Å². The smallest absolute Gasteiger partial charge is 0.333 e. The number of esters is 1. The van der Waals surface area contributed by atoms with Crippen LogP contribution in [0.1, 0.15) is 34.3 Å².